The summed E-state index contributed by atoms with van der Waals surface area (Å²) in [5.74, 6) is 0. The number of halogens is 3. The van der Waals surface area contributed by atoms with Gasteiger partial charge in [0.1, 0.15) is 0 Å². The van der Waals surface area contributed by atoms with E-state index in [9.17, 15) is 13.2 Å². The number of nitrogens with two attached hydrogens (primary N) is 1. The second-order valence-electron chi connectivity index (χ2n) is 3.89. The molecule has 2 nitrogen and oxygen atoms in total. The molecule has 1 atom stereocenters. The van der Waals surface area contributed by atoms with Gasteiger partial charge in [-0.25, -0.2) is 0 Å². The van der Waals surface area contributed by atoms with Crippen LogP contribution in [0.1, 0.15) is 28.4 Å². The standard InChI is InChI=1S/C12H11F3N2S/c1-7-8(3-2-4-17-7)11(16)9-5-18-6-10(9)12(13,14)15/h2-6,11H,16H2,1H3. The molecule has 0 aliphatic heterocycles. The second-order valence-corrected chi connectivity index (χ2v) is 4.64. The van der Waals surface area contributed by atoms with Crippen LogP contribution in [0.2, 0.25) is 0 Å². The highest BCUT2D eigenvalue weighted by atomic mass is 32.1. The predicted octanol–water partition coefficient (Wildman–Crippen LogP) is 3.52. The molecule has 0 aliphatic carbocycles. The van der Waals surface area contributed by atoms with Crippen LogP contribution in [-0.4, -0.2) is 4.98 Å². The Hall–Kier alpha value is -1.40. The summed E-state index contributed by atoms with van der Waals surface area (Å²) in [5, 5.41) is 2.53. The molecule has 1 unspecified atom stereocenters. The van der Waals surface area contributed by atoms with Gasteiger partial charge in [-0.05, 0) is 29.5 Å². The topological polar surface area (TPSA) is 38.9 Å². The number of hydrogen-bond donors (Lipinski definition) is 1. The molecule has 18 heavy (non-hydrogen) atoms. The van der Waals surface area contributed by atoms with Crippen LogP contribution in [0.3, 0.4) is 0 Å². The zero-order chi connectivity index (χ0) is 13.3. The van der Waals surface area contributed by atoms with E-state index in [0.29, 0.717) is 11.3 Å². The highest BCUT2D eigenvalue weighted by Crippen LogP contribution is 2.38. The maximum atomic E-state index is 12.8. The van der Waals surface area contributed by atoms with E-state index in [1.807, 2.05) is 0 Å². The Morgan fingerprint density at radius 3 is 2.61 bits per heavy atom. The van der Waals surface area contributed by atoms with E-state index in [4.69, 9.17) is 5.73 Å². The number of thiophene rings is 1. The summed E-state index contributed by atoms with van der Waals surface area (Å²) in [7, 11) is 0. The summed E-state index contributed by atoms with van der Waals surface area (Å²) >= 11 is 1.00. The molecule has 0 saturated heterocycles. The number of hydrogen-bond acceptors (Lipinski definition) is 3. The molecular formula is C12H11F3N2S. The molecule has 2 heterocycles. The Labute approximate surface area is 106 Å². The van der Waals surface area contributed by atoms with E-state index in [1.165, 1.54) is 5.38 Å². The molecule has 0 fully saturated rings. The number of aryl methyl sites for hydroxylation is 1. The summed E-state index contributed by atoms with van der Waals surface area (Å²) in [6.07, 6.45) is -2.78. The van der Waals surface area contributed by atoms with Crippen LogP contribution < -0.4 is 5.73 Å². The van der Waals surface area contributed by atoms with Crippen LogP contribution >= 0.6 is 11.3 Å². The molecule has 0 aromatic carbocycles. The van der Waals surface area contributed by atoms with Gasteiger partial charge in [-0.2, -0.15) is 24.5 Å². The van der Waals surface area contributed by atoms with Crippen molar-refractivity contribution in [3.8, 4) is 0 Å². The number of pyridine rings is 1. The van der Waals surface area contributed by atoms with E-state index in [2.05, 4.69) is 4.98 Å². The highest BCUT2D eigenvalue weighted by molar-refractivity contribution is 7.08. The Morgan fingerprint density at radius 1 is 1.28 bits per heavy atom. The third kappa shape index (κ3) is 2.39. The lowest BCUT2D eigenvalue weighted by molar-refractivity contribution is -0.138. The number of rotatable bonds is 2. The summed E-state index contributed by atoms with van der Waals surface area (Å²) < 4.78 is 38.4. The molecule has 2 N–H and O–H groups in total. The Bertz CT molecular complexity index is 548. The van der Waals surface area contributed by atoms with E-state index in [1.54, 1.807) is 25.3 Å². The van der Waals surface area contributed by atoms with Crippen molar-refractivity contribution in [1.29, 1.82) is 0 Å². The normalized spacial score (nSPS) is 13.6. The monoisotopic (exact) mass is 272 g/mol. The quantitative estimate of drug-likeness (QED) is 0.908. The molecule has 2 aromatic rings. The highest BCUT2D eigenvalue weighted by Gasteiger charge is 2.35. The minimum Gasteiger partial charge on any atom is -0.320 e. The van der Waals surface area contributed by atoms with Gasteiger partial charge in [0.25, 0.3) is 0 Å². The van der Waals surface area contributed by atoms with Gasteiger partial charge in [0, 0.05) is 17.3 Å². The van der Waals surface area contributed by atoms with Crippen molar-refractivity contribution in [2.75, 3.05) is 0 Å². The fourth-order valence-corrected chi connectivity index (χ4v) is 2.67. The van der Waals surface area contributed by atoms with Crippen LogP contribution in [0.4, 0.5) is 13.2 Å². The SMILES string of the molecule is Cc1ncccc1C(N)c1cscc1C(F)(F)F. The minimum absolute atomic E-state index is 0.101. The summed E-state index contributed by atoms with van der Waals surface area (Å²) in [6, 6.07) is 2.56. The van der Waals surface area contributed by atoms with Crippen LogP contribution in [0.15, 0.2) is 29.1 Å². The zero-order valence-electron chi connectivity index (χ0n) is 9.53. The number of nitrogens with zero attached hydrogens (tertiary/aromatic N) is 1. The zero-order valence-corrected chi connectivity index (χ0v) is 10.3. The van der Waals surface area contributed by atoms with Crippen LogP contribution in [0.5, 0.6) is 0 Å². The Kier molecular flexibility index (Phi) is 3.41. The van der Waals surface area contributed by atoms with E-state index < -0.39 is 17.8 Å². The van der Waals surface area contributed by atoms with Crippen molar-refractivity contribution >= 4 is 11.3 Å². The van der Waals surface area contributed by atoms with Crippen LogP contribution in [-0.2, 0) is 6.18 Å². The van der Waals surface area contributed by atoms with E-state index in [-0.39, 0.29) is 5.56 Å². The van der Waals surface area contributed by atoms with E-state index in [0.717, 1.165) is 16.7 Å². The summed E-state index contributed by atoms with van der Waals surface area (Å²) in [4.78, 5) is 4.04. The average Bonchev–Trinajstić information content (AvgIpc) is 2.77. The molecule has 96 valence electrons. The maximum absolute atomic E-state index is 12.8. The van der Waals surface area contributed by atoms with Gasteiger partial charge in [0.15, 0.2) is 0 Å². The largest absolute Gasteiger partial charge is 0.417 e. The van der Waals surface area contributed by atoms with Crippen molar-refractivity contribution in [2.45, 2.75) is 19.1 Å². The van der Waals surface area contributed by atoms with Crippen LogP contribution in [0.25, 0.3) is 0 Å². The molecule has 0 spiro atoms. The fourth-order valence-electron chi connectivity index (χ4n) is 1.77. The van der Waals surface area contributed by atoms with Gasteiger partial charge in [0.2, 0.25) is 0 Å². The average molecular weight is 272 g/mol. The fraction of sp³-hybridized carbons (Fsp3) is 0.250. The summed E-state index contributed by atoms with van der Waals surface area (Å²) in [5.41, 5.74) is 6.62. The first-order chi connectivity index (χ1) is 8.41. The van der Waals surface area contributed by atoms with Crippen molar-refractivity contribution in [3.05, 3.63) is 51.5 Å². The van der Waals surface area contributed by atoms with Gasteiger partial charge in [-0.15, -0.1) is 0 Å². The van der Waals surface area contributed by atoms with Gasteiger partial charge in [-0.1, -0.05) is 6.07 Å². The lowest BCUT2D eigenvalue weighted by atomic mass is 9.98. The van der Waals surface area contributed by atoms with Crippen LogP contribution in [0, 0.1) is 6.92 Å². The third-order valence-corrected chi connectivity index (χ3v) is 3.48. The smallest absolute Gasteiger partial charge is 0.320 e. The van der Waals surface area contributed by atoms with E-state index >= 15 is 0 Å². The molecule has 0 aliphatic rings. The van der Waals surface area contributed by atoms with Crippen molar-refractivity contribution < 1.29 is 13.2 Å². The molecular weight excluding hydrogens is 261 g/mol. The molecule has 0 radical (unpaired) electrons. The minimum atomic E-state index is -4.37. The molecule has 0 bridgehead atoms. The van der Waals surface area contributed by atoms with Gasteiger partial charge in [-0.3, -0.25) is 4.98 Å². The number of aromatic nitrogens is 1. The van der Waals surface area contributed by atoms with Crippen molar-refractivity contribution in [3.63, 3.8) is 0 Å². The van der Waals surface area contributed by atoms with Crippen molar-refractivity contribution in [2.24, 2.45) is 5.73 Å². The van der Waals surface area contributed by atoms with Gasteiger partial charge >= 0.3 is 6.18 Å². The maximum Gasteiger partial charge on any atom is 0.417 e. The molecule has 2 rings (SSSR count). The first-order valence-electron chi connectivity index (χ1n) is 5.21. The third-order valence-electron chi connectivity index (χ3n) is 2.72. The second kappa shape index (κ2) is 4.70. The molecule has 0 saturated carbocycles. The first kappa shape index (κ1) is 13.0. The Morgan fingerprint density at radius 2 is 2.00 bits per heavy atom. The lowest BCUT2D eigenvalue weighted by Gasteiger charge is -2.16. The molecule has 6 heteroatoms. The molecule has 0 amide bonds. The predicted molar refractivity (Wildman–Crippen MR) is 64.3 cm³/mol. The van der Waals surface area contributed by atoms with Gasteiger partial charge < -0.3 is 5.73 Å². The lowest BCUT2D eigenvalue weighted by Crippen LogP contribution is -2.17. The Balaban J connectivity index is 2.45. The number of alkyl halides is 3. The molecule has 2 aromatic heterocycles. The summed E-state index contributed by atoms with van der Waals surface area (Å²) in [6.45, 7) is 1.73. The van der Waals surface area contributed by atoms with Crippen molar-refractivity contribution in [1.82, 2.24) is 4.98 Å². The first-order valence-corrected chi connectivity index (χ1v) is 6.16. The van der Waals surface area contributed by atoms with Gasteiger partial charge in [0.05, 0.1) is 11.6 Å².